The van der Waals surface area contributed by atoms with Gasteiger partial charge < -0.3 is 15.5 Å². The Bertz CT molecular complexity index is 125. The first-order valence-electron chi connectivity index (χ1n) is 4.23. The predicted molar refractivity (Wildman–Crippen MR) is 50.1 cm³/mol. The molecular weight excluding hydrogens is 154 g/mol. The van der Waals surface area contributed by atoms with Crippen molar-refractivity contribution in [3.05, 3.63) is 0 Å². The van der Waals surface area contributed by atoms with Gasteiger partial charge in [-0.15, -0.1) is 0 Å². The molecule has 0 aliphatic rings. The van der Waals surface area contributed by atoms with E-state index in [2.05, 4.69) is 15.5 Å². The zero-order valence-electron chi connectivity index (χ0n) is 8.18. The molecule has 0 saturated heterocycles. The number of hydrogen-bond donors (Lipinski definition) is 2. The number of carbonyl (C=O) groups is 1. The van der Waals surface area contributed by atoms with E-state index in [1.807, 2.05) is 14.1 Å². The van der Waals surface area contributed by atoms with Crippen LogP contribution in [0.25, 0.3) is 0 Å². The molecule has 0 heterocycles. The third kappa shape index (κ3) is 7.50. The van der Waals surface area contributed by atoms with E-state index in [1.165, 1.54) is 0 Å². The van der Waals surface area contributed by atoms with E-state index in [-0.39, 0.29) is 5.91 Å². The van der Waals surface area contributed by atoms with Crippen LogP contribution in [0.2, 0.25) is 0 Å². The minimum Gasteiger partial charge on any atom is -0.359 e. The van der Waals surface area contributed by atoms with Crippen molar-refractivity contribution in [3.63, 3.8) is 0 Å². The van der Waals surface area contributed by atoms with Crippen LogP contribution in [0.4, 0.5) is 0 Å². The van der Waals surface area contributed by atoms with Crippen LogP contribution in [0, 0.1) is 0 Å². The average Bonchev–Trinajstić information content (AvgIpc) is 2.03. The highest BCUT2D eigenvalue weighted by Crippen LogP contribution is 1.76. The molecule has 0 aliphatic carbocycles. The Morgan fingerprint density at radius 2 is 2.00 bits per heavy atom. The average molecular weight is 173 g/mol. The van der Waals surface area contributed by atoms with Gasteiger partial charge in [0.1, 0.15) is 0 Å². The van der Waals surface area contributed by atoms with Crippen LogP contribution in [-0.2, 0) is 4.79 Å². The molecule has 0 unspecified atom stereocenters. The van der Waals surface area contributed by atoms with Crippen molar-refractivity contribution in [2.75, 3.05) is 40.8 Å². The molecule has 0 fully saturated rings. The fraction of sp³-hybridized carbons (Fsp3) is 0.875. The van der Waals surface area contributed by atoms with Gasteiger partial charge in [0, 0.05) is 33.1 Å². The first kappa shape index (κ1) is 11.4. The van der Waals surface area contributed by atoms with Crippen LogP contribution < -0.4 is 10.6 Å². The zero-order chi connectivity index (χ0) is 9.40. The van der Waals surface area contributed by atoms with Gasteiger partial charge in [-0.25, -0.2) is 0 Å². The van der Waals surface area contributed by atoms with Crippen molar-refractivity contribution in [1.29, 1.82) is 0 Å². The van der Waals surface area contributed by atoms with E-state index in [1.54, 1.807) is 7.05 Å². The monoisotopic (exact) mass is 173 g/mol. The molecule has 0 spiro atoms. The minimum absolute atomic E-state index is 0.0901. The Morgan fingerprint density at radius 3 is 2.50 bits per heavy atom. The van der Waals surface area contributed by atoms with Crippen LogP contribution >= 0.6 is 0 Å². The number of hydrogen-bond acceptors (Lipinski definition) is 3. The molecule has 0 aromatic rings. The van der Waals surface area contributed by atoms with Crippen molar-refractivity contribution >= 4 is 5.91 Å². The lowest BCUT2D eigenvalue weighted by atomic mass is 10.4. The topological polar surface area (TPSA) is 44.4 Å². The van der Waals surface area contributed by atoms with Crippen molar-refractivity contribution in [2.24, 2.45) is 0 Å². The van der Waals surface area contributed by atoms with Gasteiger partial charge >= 0.3 is 0 Å². The summed E-state index contributed by atoms with van der Waals surface area (Å²) in [5.74, 6) is 0.0901. The van der Waals surface area contributed by atoms with Gasteiger partial charge in [-0.1, -0.05) is 0 Å². The largest absolute Gasteiger partial charge is 0.359 e. The molecule has 0 aliphatic heterocycles. The van der Waals surface area contributed by atoms with E-state index in [9.17, 15) is 4.79 Å². The lowest BCUT2D eigenvalue weighted by Gasteiger charge is -2.09. The second-order valence-electron chi connectivity index (χ2n) is 2.98. The molecule has 0 rings (SSSR count). The van der Waals surface area contributed by atoms with Gasteiger partial charge in [0.15, 0.2) is 0 Å². The molecule has 0 saturated carbocycles. The molecule has 0 radical (unpaired) electrons. The van der Waals surface area contributed by atoms with Gasteiger partial charge in [0.2, 0.25) is 5.91 Å². The maximum atomic E-state index is 10.7. The number of nitrogens with zero attached hydrogens (tertiary/aromatic N) is 1. The Kier molecular flexibility index (Phi) is 6.70. The fourth-order valence-corrected chi connectivity index (χ4v) is 0.755. The molecule has 0 atom stereocenters. The highest BCUT2D eigenvalue weighted by atomic mass is 16.1. The third-order valence-electron chi connectivity index (χ3n) is 1.54. The van der Waals surface area contributed by atoms with Crippen LogP contribution in [0.1, 0.15) is 6.42 Å². The SMILES string of the molecule is CNC(=O)CCNCCN(C)C. The van der Waals surface area contributed by atoms with E-state index < -0.39 is 0 Å². The predicted octanol–water partition coefficient (Wildman–Crippen LogP) is -0.726. The highest BCUT2D eigenvalue weighted by Gasteiger charge is 1.95. The minimum atomic E-state index is 0.0901. The quantitative estimate of drug-likeness (QED) is 0.521. The Morgan fingerprint density at radius 1 is 1.33 bits per heavy atom. The molecule has 1 amide bonds. The summed E-state index contributed by atoms with van der Waals surface area (Å²) in [4.78, 5) is 12.9. The van der Waals surface area contributed by atoms with Gasteiger partial charge in [-0.05, 0) is 14.1 Å². The lowest BCUT2D eigenvalue weighted by molar-refractivity contribution is -0.120. The van der Waals surface area contributed by atoms with Gasteiger partial charge in [-0.2, -0.15) is 0 Å². The summed E-state index contributed by atoms with van der Waals surface area (Å²) in [7, 11) is 5.71. The number of carbonyl (C=O) groups excluding carboxylic acids is 1. The number of rotatable bonds is 6. The summed E-state index contributed by atoms with van der Waals surface area (Å²) >= 11 is 0. The third-order valence-corrected chi connectivity index (χ3v) is 1.54. The molecule has 12 heavy (non-hydrogen) atoms. The summed E-state index contributed by atoms with van der Waals surface area (Å²) in [6.45, 7) is 2.70. The number of nitrogens with one attached hydrogen (secondary N) is 2. The van der Waals surface area contributed by atoms with Crippen LogP contribution in [0.15, 0.2) is 0 Å². The maximum Gasteiger partial charge on any atom is 0.221 e. The Hall–Kier alpha value is -0.610. The second kappa shape index (κ2) is 7.06. The Labute approximate surface area is 74.3 Å². The summed E-state index contributed by atoms with van der Waals surface area (Å²) in [5.41, 5.74) is 0. The maximum absolute atomic E-state index is 10.7. The standard InChI is InChI=1S/C8H19N3O/c1-9-8(12)4-5-10-6-7-11(2)3/h10H,4-7H2,1-3H3,(H,9,12). The molecule has 0 aromatic heterocycles. The van der Waals surface area contributed by atoms with Gasteiger partial charge in [0.25, 0.3) is 0 Å². The summed E-state index contributed by atoms with van der Waals surface area (Å²) in [6.07, 6.45) is 0.559. The first-order chi connectivity index (χ1) is 5.66. The fourth-order valence-electron chi connectivity index (χ4n) is 0.755. The number of amides is 1. The summed E-state index contributed by atoms with van der Waals surface area (Å²) < 4.78 is 0. The van der Waals surface area contributed by atoms with Crippen LogP contribution in [0.3, 0.4) is 0 Å². The van der Waals surface area contributed by atoms with Crippen molar-refractivity contribution < 1.29 is 4.79 Å². The molecule has 0 bridgehead atoms. The van der Waals surface area contributed by atoms with Gasteiger partial charge in [0.05, 0.1) is 0 Å². The normalized spacial score (nSPS) is 10.3. The van der Waals surface area contributed by atoms with Crippen LogP contribution in [-0.4, -0.2) is 51.6 Å². The van der Waals surface area contributed by atoms with E-state index in [0.29, 0.717) is 6.42 Å². The van der Waals surface area contributed by atoms with Crippen molar-refractivity contribution in [2.45, 2.75) is 6.42 Å². The molecule has 72 valence electrons. The Balaban J connectivity index is 3.05. The zero-order valence-corrected chi connectivity index (χ0v) is 8.18. The molecular formula is C8H19N3O. The molecule has 4 heteroatoms. The first-order valence-corrected chi connectivity index (χ1v) is 4.23. The van der Waals surface area contributed by atoms with Crippen molar-refractivity contribution in [1.82, 2.24) is 15.5 Å². The van der Waals surface area contributed by atoms with Crippen LogP contribution in [0.5, 0.6) is 0 Å². The number of likely N-dealkylation sites (N-methyl/N-ethyl adjacent to an activating group) is 1. The molecule has 4 nitrogen and oxygen atoms in total. The summed E-state index contributed by atoms with van der Waals surface area (Å²) in [6, 6.07) is 0. The van der Waals surface area contributed by atoms with E-state index >= 15 is 0 Å². The lowest BCUT2D eigenvalue weighted by Crippen LogP contribution is -2.30. The molecule has 2 N–H and O–H groups in total. The van der Waals surface area contributed by atoms with E-state index in [0.717, 1.165) is 19.6 Å². The van der Waals surface area contributed by atoms with Crippen molar-refractivity contribution in [3.8, 4) is 0 Å². The molecule has 0 aromatic carbocycles. The van der Waals surface area contributed by atoms with E-state index in [4.69, 9.17) is 0 Å². The highest BCUT2D eigenvalue weighted by molar-refractivity contribution is 5.75. The van der Waals surface area contributed by atoms with Gasteiger partial charge in [-0.3, -0.25) is 4.79 Å². The summed E-state index contributed by atoms with van der Waals surface area (Å²) in [5, 5.41) is 5.75. The smallest absolute Gasteiger partial charge is 0.221 e. The second-order valence-corrected chi connectivity index (χ2v) is 2.98.